The maximum Gasteiger partial charge on any atom is 0.314 e. The zero-order valence-corrected chi connectivity index (χ0v) is 19.1. The zero-order chi connectivity index (χ0) is 23.8. The number of ether oxygens (including phenoxy) is 2. The molecule has 3 atom stereocenters. The van der Waals surface area contributed by atoms with Gasteiger partial charge in [-0.3, -0.25) is 19.3 Å². The van der Waals surface area contributed by atoms with Crippen LogP contribution in [-0.2, 0) is 19.1 Å². The summed E-state index contributed by atoms with van der Waals surface area (Å²) in [6.45, 7) is 6.42. The number of hydrogen-bond donors (Lipinski definition) is 2. The number of piperidine rings is 1. The fourth-order valence-electron chi connectivity index (χ4n) is 5.42. The normalized spacial score (nSPS) is 27.5. The molecular formula is C23H34N4O6. The molecule has 1 saturated carbocycles. The number of anilines is 1. The van der Waals surface area contributed by atoms with Crippen molar-refractivity contribution >= 4 is 24.2 Å². The first-order valence-corrected chi connectivity index (χ1v) is 11.5. The van der Waals surface area contributed by atoms with E-state index in [0.29, 0.717) is 37.3 Å². The Labute approximate surface area is 194 Å². The topological polar surface area (TPSA) is 135 Å². The predicted octanol–water partition coefficient (Wildman–Crippen LogP) is 1.26. The molecule has 2 aliphatic heterocycles. The van der Waals surface area contributed by atoms with Crippen LogP contribution < -0.4 is 5.73 Å². The number of hydrogen-bond acceptors (Lipinski definition) is 8. The Balaban J connectivity index is 0.000000968. The molecule has 3 heterocycles. The SMILES string of the molecule is CCOC(=O)[C@@]12CC[C@H](N3CCOCC3)C[C@H]1CCN(C(=O)c1cccc(N)n1)C2.O=CO. The summed E-state index contributed by atoms with van der Waals surface area (Å²) in [5.74, 6) is 0.214. The number of morpholine rings is 1. The molecule has 1 aliphatic carbocycles. The quantitative estimate of drug-likeness (QED) is 0.501. The van der Waals surface area contributed by atoms with E-state index in [0.717, 1.165) is 52.0 Å². The predicted molar refractivity (Wildman–Crippen MR) is 120 cm³/mol. The van der Waals surface area contributed by atoms with Crippen molar-refractivity contribution in [3.05, 3.63) is 23.9 Å². The third-order valence-corrected chi connectivity index (χ3v) is 7.00. The third kappa shape index (κ3) is 5.62. The van der Waals surface area contributed by atoms with Gasteiger partial charge in [0, 0.05) is 32.2 Å². The Kier molecular flexibility index (Phi) is 8.62. The van der Waals surface area contributed by atoms with Gasteiger partial charge >= 0.3 is 5.97 Å². The van der Waals surface area contributed by atoms with Crippen LogP contribution in [0.3, 0.4) is 0 Å². The minimum absolute atomic E-state index is 0.159. The van der Waals surface area contributed by atoms with Gasteiger partial charge in [-0.05, 0) is 50.7 Å². The summed E-state index contributed by atoms with van der Waals surface area (Å²) in [5.41, 5.74) is 5.46. The smallest absolute Gasteiger partial charge is 0.314 e. The number of fused-ring (bicyclic) bond motifs is 1. The number of esters is 1. The van der Waals surface area contributed by atoms with E-state index >= 15 is 0 Å². The molecule has 182 valence electrons. The van der Waals surface area contributed by atoms with E-state index in [1.54, 1.807) is 23.1 Å². The summed E-state index contributed by atoms with van der Waals surface area (Å²) in [5, 5.41) is 6.89. The molecule has 0 radical (unpaired) electrons. The van der Waals surface area contributed by atoms with E-state index in [2.05, 4.69) is 9.88 Å². The number of pyridine rings is 1. The van der Waals surface area contributed by atoms with Crippen LogP contribution in [0.25, 0.3) is 0 Å². The third-order valence-electron chi connectivity index (χ3n) is 7.00. The van der Waals surface area contributed by atoms with Crippen LogP contribution in [-0.4, -0.2) is 90.3 Å². The Morgan fingerprint density at radius 1 is 1.30 bits per heavy atom. The molecule has 0 aromatic carbocycles. The highest BCUT2D eigenvalue weighted by Gasteiger charge is 2.54. The lowest BCUT2D eigenvalue weighted by atomic mass is 9.61. The highest BCUT2D eigenvalue weighted by atomic mass is 16.5. The van der Waals surface area contributed by atoms with Gasteiger partial charge in [0.15, 0.2) is 0 Å². The molecule has 0 spiro atoms. The number of nitrogens with zero attached hydrogens (tertiary/aromatic N) is 3. The number of carboxylic acid groups (broad SMARTS) is 1. The molecule has 4 rings (SSSR count). The molecule has 1 aromatic heterocycles. The van der Waals surface area contributed by atoms with Gasteiger partial charge in [0.25, 0.3) is 12.4 Å². The van der Waals surface area contributed by atoms with Crippen LogP contribution in [0.4, 0.5) is 5.82 Å². The highest BCUT2D eigenvalue weighted by molar-refractivity contribution is 5.93. The lowest BCUT2D eigenvalue weighted by molar-refractivity contribution is -0.168. The molecule has 10 nitrogen and oxygen atoms in total. The molecule has 2 saturated heterocycles. The van der Waals surface area contributed by atoms with E-state index in [-0.39, 0.29) is 24.3 Å². The van der Waals surface area contributed by atoms with Gasteiger partial charge in [-0.25, -0.2) is 4.98 Å². The van der Waals surface area contributed by atoms with Crippen LogP contribution >= 0.6 is 0 Å². The number of amides is 1. The maximum atomic E-state index is 13.2. The Morgan fingerprint density at radius 2 is 2.03 bits per heavy atom. The summed E-state index contributed by atoms with van der Waals surface area (Å²) < 4.78 is 11.0. The van der Waals surface area contributed by atoms with Crippen molar-refractivity contribution in [3.63, 3.8) is 0 Å². The standard InChI is InChI=1S/C22H32N4O4.CH2O2/c1-2-30-21(28)22-8-6-17(25-10-12-29-13-11-25)14-16(22)7-9-26(15-22)20(27)18-4-3-5-19(23)24-18;2-1-3/h3-5,16-17H,2,6-15H2,1H3,(H2,23,24);1H,(H,2,3)/t16-,17+,22-;/m1./s1. The number of rotatable bonds is 4. The second-order valence-corrected chi connectivity index (χ2v) is 8.72. The van der Waals surface area contributed by atoms with E-state index in [1.165, 1.54) is 0 Å². The molecule has 3 N–H and O–H groups in total. The second-order valence-electron chi connectivity index (χ2n) is 8.72. The largest absolute Gasteiger partial charge is 0.483 e. The first-order chi connectivity index (χ1) is 15.9. The minimum Gasteiger partial charge on any atom is -0.483 e. The average Bonchev–Trinajstić information content (AvgIpc) is 2.84. The van der Waals surface area contributed by atoms with Crippen molar-refractivity contribution in [1.82, 2.24) is 14.8 Å². The lowest BCUT2D eigenvalue weighted by Crippen LogP contribution is -2.59. The fraction of sp³-hybridized carbons (Fsp3) is 0.652. The summed E-state index contributed by atoms with van der Waals surface area (Å²) in [6, 6.07) is 5.55. The van der Waals surface area contributed by atoms with Crippen molar-refractivity contribution in [2.75, 3.05) is 51.7 Å². The molecular weight excluding hydrogens is 428 g/mol. The summed E-state index contributed by atoms with van der Waals surface area (Å²) in [6.07, 6.45) is 3.45. The maximum absolute atomic E-state index is 13.2. The van der Waals surface area contributed by atoms with Crippen molar-refractivity contribution in [1.29, 1.82) is 0 Å². The molecule has 10 heteroatoms. The number of carbonyl (C=O) groups is 3. The van der Waals surface area contributed by atoms with Gasteiger partial charge in [-0.1, -0.05) is 6.07 Å². The Morgan fingerprint density at radius 3 is 2.70 bits per heavy atom. The number of nitrogen functional groups attached to an aromatic ring is 1. The highest BCUT2D eigenvalue weighted by Crippen LogP contribution is 2.48. The van der Waals surface area contributed by atoms with E-state index < -0.39 is 5.41 Å². The number of nitrogens with two attached hydrogens (primary N) is 1. The van der Waals surface area contributed by atoms with Crippen LogP contribution in [0.1, 0.15) is 43.1 Å². The molecule has 0 unspecified atom stereocenters. The lowest BCUT2D eigenvalue weighted by Gasteiger charge is -2.52. The van der Waals surface area contributed by atoms with Crippen LogP contribution in [0, 0.1) is 11.3 Å². The van der Waals surface area contributed by atoms with Gasteiger partial charge < -0.3 is 25.2 Å². The zero-order valence-electron chi connectivity index (χ0n) is 19.1. The molecule has 1 amide bonds. The molecule has 3 fully saturated rings. The van der Waals surface area contributed by atoms with Gasteiger partial charge in [0.05, 0.1) is 25.2 Å². The monoisotopic (exact) mass is 462 g/mol. The van der Waals surface area contributed by atoms with Crippen molar-refractivity contribution in [3.8, 4) is 0 Å². The molecule has 0 bridgehead atoms. The van der Waals surface area contributed by atoms with Crippen molar-refractivity contribution < 1.29 is 29.0 Å². The first kappa shape index (κ1) is 24.9. The van der Waals surface area contributed by atoms with Crippen molar-refractivity contribution in [2.24, 2.45) is 11.3 Å². The molecule has 1 aromatic rings. The number of likely N-dealkylation sites (tertiary alicyclic amines) is 1. The number of aromatic nitrogens is 1. The Hall–Kier alpha value is -2.72. The number of carbonyl (C=O) groups excluding carboxylic acids is 2. The van der Waals surface area contributed by atoms with Gasteiger partial charge in [0.1, 0.15) is 11.5 Å². The van der Waals surface area contributed by atoms with Crippen LogP contribution in [0.5, 0.6) is 0 Å². The molecule has 3 aliphatic rings. The van der Waals surface area contributed by atoms with E-state index in [4.69, 9.17) is 25.1 Å². The van der Waals surface area contributed by atoms with E-state index in [1.807, 2.05) is 6.92 Å². The van der Waals surface area contributed by atoms with Crippen LogP contribution in [0.2, 0.25) is 0 Å². The molecule has 33 heavy (non-hydrogen) atoms. The summed E-state index contributed by atoms with van der Waals surface area (Å²) in [4.78, 5) is 43.1. The van der Waals surface area contributed by atoms with Crippen molar-refractivity contribution in [2.45, 2.75) is 38.6 Å². The summed E-state index contributed by atoms with van der Waals surface area (Å²) in [7, 11) is 0. The second kappa shape index (κ2) is 11.4. The Bertz CT molecular complexity index is 831. The minimum atomic E-state index is -0.632. The van der Waals surface area contributed by atoms with Gasteiger partial charge in [0.2, 0.25) is 0 Å². The van der Waals surface area contributed by atoms with Gasteiger partial charge in [-0.15, -0.1) is 0 Å². The fourth-order valence-corrected chi connectivity index (χ4v) is 5.42. The van der Waals surface area contributed by atoms with Crippen LogP contribution in [0.15, 0.2) is 18.2 Å². The average molecular weight is 463 g/mol. The van der Waals surface area contributed by atoms with E-state index in [9.17, 15) is 9.59 Å². The van der Waals surface area contributed by atoms with Gasteiger partial charge in [-0.2, -0.15) is 0 Å². The first-order valence-electron chi connectivity index (χ1n) is 11.5. The summed E-state index contributed by atoms with van der Waals surface area (Å²) >= 11 is 0.